The minimum Gasteiger partial charge on any atom is -0.316 e. The van der Waals surface area contributed by atoms with E-state index in [0.29, 0.717) is 12.5 Å². The molecular weight excluding hydrogens is 324 g/mol. The normalized spacial score (nSPS) is 14.3. The monoisotopic (exact) mass is 345 g/mol. The predicted molar refractivity (Wildman–Crippen MR) is 83.8 cm³/mol. The van der Waals surface area contributed by atoms with Gasteiger partial charge in [0, 0.05) is 17.5 Å². The Bertz CT molecular complexity index is 474. The van der Waals surface area contributed by atoms with E-state index >= 15 is 0 Å². The first kappa shape index (κ1) is 17.3. The smallest absolute Gasteiger partial charge is 0.143 e. The van der Waals surface area contributed by atoms with Crippen molar-refractivity contribution >= 4 is 15.9 Å². The van der Waals surface area contributed by atoms with E-state index in [1.54, 1.807) is 6.08 Å². The van der Waals surface area contributed by atoms with E-state index in [-0.39, 0.29) is 16.5 Å². The second-order valence-corrected chi connectivity index (χ2v) is 6.74. The van der Waals surface area contributed by atoms with Crippen LogP contribution in [0.1, 0.15) is 26.3 Å². The fraction of sp³-hybridized carbons (Fsp3) is 0.500. The van der Waals surface area contributed by atoms with Crippen LogP contribution >= 0.6 is 15.9 Å². The van der Waals surface area contributed by atoms with E-state index in [0.717, 1.165) is 6.54 Å². The highest BCUT2D eigenvalue weighted by Crippen LogP contribution is 2.29. The summed E-state index contributed by atoms with van der Waals surface area (Å²) in [4.78, 5) is 0. The van der Waals surface area contributed by atoms with Crippen molar-refractivity contribution in [1.29, 1.82) is 0 Å². The maximum absolute atomic E-state index is 14.0. The van der Waals surface area contributed by atoms with Gasteiger partial charge in [0.15, 0.2) is 0 Å². The van der Waals surface area contributed by atoms with Gasteiger partial charge in [0.25, 0.3) is 0 Å². The zero-order chi connectivity index (χ0) is 15.3. The fourth-order valence-electron chi connectivity index (χ4n) is 1.99. The van der Waals surface area contributed by atoms with Crippen molar-refractivity contribution in [3.63, 3.8) is 0 Å². The molecule has 0 fully saturated rings. The van der Waals surface area contributed by atoms with E-state index in [9.17, 15) is 8.78 Å². The van der Waals surface area contributed by atoms with E-state index in [4.69, 9.17) is 0 Å². The van der Waals surface area contributed by atoms with E-state index in [1.165, 1.54) is 12.1 Å². The summed E-state index contributed by atoms with van der Waals surface area (Å²) >= 11 is 3.10. The molecule has 0 aromatic heterocycles. The van der Waals surface area contributed by atoms with Crippen LogP contribution in [-0.4, -0.2) is 13.1 Å². The van der Waals surface area contributed by atoms with Crippen LogP contribution in [0.25, 0.3) is 0 Å². The standard InChI is InChI=1S/C16H22BrF2N/c1-5-16(4,10-20-9-11(2)3)8-12-14(18)7-6-13(17)15(12)19/h5-7,11,20H,1,8-10H2,2-4H3. The van der Waals surface area contributed by atoms with Crippen LogP contribution in [0.4, 0.5) is 8.78 Å². The molecule has 20 heavy (non-hydrogen) atoms. The molecule has 1 aromatic rings. The molecule has 1 atom stereocenters. The molecule has 4 heteroatoms. The number of rotatable bonds is 7. The van der Waals surface area contributed by atoms with Crippen molar-refractivity contribution in [2.45, 2.75) is 27.2 Å². The Morgan fingerprint density at radius 1 is 1.40 bits per heavy atom. The van der Waals surface area contributed by atoms with Crippen LogP contribution < -0.4 is 5.32 Å². The van der Waals surface area contributed by atoms with Gasteiger partial charge in [0.1, 0.15) is 11.6 Å². The number of halogens is 3. The zero-order valence-corrected chi connectivity index (χ0v) is 13.9. The van der Waals surface area contributed by atoms with Crippen molar-refractivity contribution < 1.29 is 8.78 Å². The first-order chi connectivity index (χ1) is 9.29. The highest BCUT2D eigenvalue weighted by atomic mass is 79.9. The summed E-state index contributed by atoms with van der Waals surface area (Å²) in [5, 5.41) is 3.32. The average molecular weight is 346 g/mol. The third-order valence-electron chi connectivity index (χ3n) is 3.29. The number of hydrogen-bond donors (Lipinski definition) is 1. The van der Waals surface area contributed by atoms with Crippen molar-refractivity contribution in [2.75, 3.05) is 13.1 Å². The highest BCUT2D eigenvalue weighted by molar-refractivity contribution is 9.10. The maximum Gasteiger partial charge on any atom is 0.143 e. The molecule has 0 bridgehead atoms. The summed E-state index contributed by atoms with van der Waals surface area (Å²) in [6.07, 6.45) is 2.04. The lowest BCUT2D eigenvalue weighted by Gasteiger charge is -2.27. The van der Waals surface area contributed by atoms with Gasteiger partial charge < -0.3 is 5.32 Å². The zero-order valence-electron chi connectivity index (χ0n) is 12.3. The summed E-state index contributed by atoms with van der Waals surface area (Å²) < 4.78 is 28.2. The third kappa shape index (κ3) is 4.67. The third-order valence-corrected chi connectivity index (χ3v) is 3.91. The van der Waals surface area contributed by atoms with Gasteiger partial charge >= 0.3 is 0 Å². The largest absolute Gasteiger partial charge is 0.316 e. The Labute approximate surface area is 128 Å². The summed E-state index contributed by atoms with van der Waals surface area (Å²) in [6, 6.07) is 2.67. The van der Waals surface area contributed by atoms with Crippen LogP contribution in [0.2, 0.25) is 0 Å². The van der Waals surface area contributed by atoms with Crippen LogP contribution in [0, 0.1) is 23.0 Å². The summed E-state index contributed by atoms with van der Waals surface area (Å²) in [5.41, 5.74) is -0.287. The first-order valence-corrected chi connectivity index (χ1v) is 7.55. The molecule has 1 rings (SSSR count). The highest BCUT2D eigenvalue weighted by Gasteiger charge is 2.25. The van der Waals surface area contributed by atoms with Crippen molar-refractivity contribution in [2.24, 2.45) is 11.3 Å². The van der Waals surface area contributed by atoms with E-state index < -0.39 is 17.0 Å². The molecule has 0 aliphatic carbocycles. The molecule has 0 aliphatic rings. The van der Waals surface area contributed by atoms with Gasteiger partial charge in [-0.2, -0.15) is 0 Å². The van der Waals surface area contributed by atoms with Gasteiger partial charge in [-0.3, -0.25) is 0 Å². The van der Waals surface area contributed by atoms with Crippen molar-refractivity contribution in [3.05, 3.63) is 46.5 Å². The van der Waals surface area contributed by atoms with Crippen molar-refractivity contribution in [3.8, 4) is 0 Å². The summed E-state index contributed by atoms with van der Waals surface area (Å²) in [5.74, 6) is -0.507. The molecule has 112 valence electrons. The molecule has 1 nitrogen and oxygen atoms in total. The lowest BCUT2D eigenvalue weighted by atomic mass is 9.83. The molecule has 1 unspecified atom stereocenters. The Morgan fingerprint density at radius 2 is 2.05 bits per heavy atom. The Kier molecular flexibility index (Phi) is 6.34. The molecule has 0 radical (unpaired) electrons. The lowest BCUT2D eigenvalue weighted by molar-refractivity contribution is 0.365. The van der Waals surface area contributed by atoms with Gasteiger partial charge in [0.05, 0.1) is 4.47 Å². The second kappa shape index (κ2) is 7.32. The SMILES string of the molecule is C=CC(C)(CNCC(C)C)Cc1c(F)ccc(Br)c1F. The fourth-order valence-corrected chi connectivity index (χ4v) is 2.36. The minimum absolute atomic E-state index is 0.105. The summed E-state index contributed by atoms with van der Waals surface area (Å²) in [6.45, 7) is 11.5. The van der Waals surface area contributed by atoms with E-state index in [1.807, 2.05) is 6.92 Å². The van der Waals surface area contributed by atoms with E-state index in [2.05, 4.69) is 41.7 Å². The molecule has 0 saturated heterocycles. The number of benzene rings is 1. The van der Waals surface area contributed by atoms with Gasteiger partial charge in [-0.25, -0.2) is 8.78 Å². The molecule has 0 spiro atoms. The molecule has 0 saturated carbocycles. The van der Waals surface area contributed by atoms with Crippen molar-refractivity contribution in [1.82, 2.24) is 5.32 Å². The first-order valence-electron chi connectivity index (χ1n) is 6.76. The molecular formula is C16H22BrF2N. The quantitative estimate of drug-likeness (QED) is 0.557. The molecule has 1 N–H and O–H groups in total. The predicted octanol–water partition coefficient (Wildman–Crippen LogP) is 4.71. The average Bonchev–Trinajstić information content (AvgIpc) is 2.39. The van der Waals surface area contributed by atoms with Gasteiger partial charge in [-0.1, -0.05) is 26.8 Å². The van der Waals surface area contributed by atoms with Crippen LogP contribution in [-0.2, 0) is 6.42 Å². The molecule has 0 heterocycles. The maximum atomic E-state index is 14.0. The van der Waals surface area contributed by atoms with Crippen LogP contribution in [0.5, 0.6) is 0 Å². The Morgan fingerprint density at radius 3 is 2.60 bits per heavy atom. The van der Waals surface area contributed by atoms with Gasteiger partial charge in [0.2, 0.25) is 0 Å². The molecule has 1 aromatic carbocycles. The summed E-state index contributed by atoms with van der Waals surface area (Å²) in [7, 11) is 0. The minimum atomic E-state index is -0.526. The Balaban J connectivity index is 2.87. The van der Waals surface area contributed by atoms with Crippen LogP contribution in [0.3, 0.4) is 0 Å². The van der Waals surface area contributed by atoms with Gasteiger partial charge in [-0.05, 0) is 46.9 Å². The molecule has 0 aliphatic heterocycles. The van der Waals surface area contributed by atoms with Gasteiger partial charge in [-0.15, -0.1) is 6.58 Å². The second-order valence-electron chi connectivity index (χ2n) is 5.88. The lowest BCUT2D eigenvalue weighted by Crippen LogP contribution is -2.34. The number of nitrogens with one attached hydrogen (secondary N) is 1. The molecule has 0 amide bonds. The topological polar surface area (TPSA) is 12.0 Å². The number of hydrogen-bond acceptors (Lipinski definition) is 1. The Hall–Kier alpha value is -0.740. The van der Waals surface area contributed by atoms with Crippen LogP contribution in [0.15, 0.2) is 29.3 Å².